The summed E-state index contributed by atoms with van der Waals surface area (Å²) in [7, 11) is 0. The molecule has 0 saturated heterocycles. The molecule has 3 aromatic carbocycles. The van der Waals surface area contributed by atoms with Crippen LogP contribution in [-0.2, 0) is 25.8 Å². The smallest absolute Gasteiger partial charge is 0.308 e. The Morgan fingerprint density at radius 3 is 2.02 bits per heavy atom. The Bertz CT molecular complexity index is 1920. The molecule has 16 heteroatoms. The highest BCUT2D eigenvalue weighted by Gasteiger charge is 2.32. The molecule has 0 saturated carbocycles. The summed E-state index contributed by atoms with van der Waals surface area (Å²) in [6, 6.07) is 24.4. The zero-order valence-corrected chi connectivity index (χ0v) is 31.6. The number of esters is 1. The first-order valence-electron chi connectivity index (χ1n) is 18.2. The molecule has 0 aliphatic rings. The highest BCUT2D eigenvalue weighted by Crippen LogP contribution is 2.42. The summed E-state index contributed by atoms with van der Waals surface area (Å²) < 4.78 is 21.4. The number of para-hydroxylation sites is 1. The maximum absolute atomic E-state index is 14.3. The van der Waals surface area contributed by atoms with E-state index < -0.39 is 58.7 Å². The van der Waals surface area contributed by atoms with E-state index in [1.165, 1.54) is 26.0 Å². The predicted molar refractivity (Wildman–Crippen MR) is 204 cm³/mol. The van der Waals surface area contributed by atoms with Gasteiger partial charge in [-0.15, -0.1) is 20.2 Å². The quantitative estimate of drug-likeness (QED) is 0.0447. The highest BCUT2D eigenvalue weighted by atomic mass is 19.1. The normalized spacial score (nSPS) is 13.9. The second kappa shape index (κ2) is 20.2. The number of halogens is 1. The van der Waals surface area contributed by atoms with Crippen LogP contribution in [0, 0.1) is 32.0 Å². The molecule has 0 spiro atoms. The van der Waals surface area contributed by atoms with E-state index in [-0.39, 0.29) is 44.2 Å². The van der Waals surface area contributed by atoms with Crippen molar-refractivity contribution in [1.29, 1.82) is 0 Å². The van der Waals surface area contributed by atoms with Crippen LogP contribution in [0.25, 0.3) is 22.4 Å². The van der Waals surface area contributed by atoms with Crippen molar-refractivity contribution in [2.75, 3.05) is 11.9 Å². The Balaban J connectivity index is 1.52. The number of nitrogens with one attached hydrogen (secondary N) is 1. The molecule has 1 heterocycles. The summed E-state index contributed by atoms with van der Waals surface area (Å²) in [6.07, 6.45) is -5.45. The second-order valence-corrected chi connectivity index (χ2v) is 13.8. The van der Waals surface area contributed by atoms with Gasteiger partial charge in [-0.3, -0.25) is 9.59 Å². The van der Waals surface area contributed by atoms with Crippen molar-refractivity contribution in [3.05, 3.63) is 122 Å². The second-order valence-electron chi connectivity index (χ2n) is 13.8. The van der Waals surface area contributed by atoms with E-state index in [2.05, 4.69) is 15.0 Å². The maximum Gasteiger partial charge on any atom is 0.308 e. The summed E-state index contributed by atoms with van der Waals surface area (Å²) in [6.45, 7) is 6.65. The number of amides is 1. The molecule has 1 unspecified atom stereocenters. The molecular weight excluding hydrogens is 731 g/mol. The van der Waals surface area contributed by atoms with Crippen molar-refractivity contribution in [3.63, 3.8) is 0 Å². The van der Waals surface area contributed by atoms with Crippen LogP contribution in [0.2, 0.25) is 0 Å². The molecule has 1 amide bonds. The lowest BCUT2D eigenvalue weighted by atomic mass is 9.94. The van der Waals surface area contributed by atoms with Crippen molar-refractivity contribution in [1.82, 2.24) is 4.57 Å². The molecule has 0 bridgehead atoms. The number of carbonyl (C=O) groups excluding carboxylic acids is 2. The molecule has 3 N–H and O–H groups in total. The summed E-state index contributed by atoms with van der Waals surface area (Å²) in [5.74, 6) is -2.43. The van der Waals surface area contributed by atoms with Crippen LogP contribution >= 0.6 is 0 Å². The van der Waals surface area contributed by atoms with Crippen LogP contribution in [0.5, 0.6) is 0 Å². The van der Waals surface area contributed by atoms with Crippen molar-refractivity contribution in [2.45, 2.75) is 90.3 Å². The Hall–Kier alpha value is -5.87. The zero-order valence-electron chi connectivity index (χ0n) is 31.6. The fourth-order valence-corrected chi connectivity index (χ4v) is 6.72. The molecule has 4 aromatic rings. The first-order chi connectivity index (χ1) is 26.7. The fourth-order valence-electron chi connectivity index (χ4n) is 6.72. The van der Waals surface area contributed by atoms with Gasteiger partial charge < -0.3 is 34.5 Å². The molecule has 5 atom stereocenters. The molecule has 0 radical (unpaired) electrons. The summed E-state index contributed by atoms with van der Waals surface area (Å²) in [5.41, 5.74) is 4.41. The topological polar surface area (TPSA) is 206 Å². The predicted octanol–water partition coefficient (Wildman–Crippen LogP) is 6.97. The van der Waals surface area contributed by atoms with Crippen molar-refractivity contribution in [3.8, 4) is 22.4 Å². The molecule has 4 rings (SSSR count). The molecule has 0 fully saturated rings. The maximum atomic E-state index is 14.3. The SMILES string of the molecule is CC(C)c1c(C(=O)Nc2ccccc2)c(-c2ccccc2)c(-c2ccc(F)cc2)n1CC[C@@H](O)CC(O)CC(=O)OCC[C@@H](C)[C@@H](O[N+](=O)[O-])[C@@H](C)O[N+](=O)[O-]. The van der Waals surface area contributed by atoms with Crippen LogP contribution in [0.1, 0.15) is 75.3 Å². The van der Waals surface area contributed by atoms with Gasteiger partial charge in [0.05, 0.1) is 36.5 Å². The molecule has 56 heavy (non-hydrogen) atoms. The number of aliphatic hydroxyl groups excluding tert-OH is 2. The van der Waals surface area contributed by atoms with E-state index in [1.54, 1.807) is 24.3 Å². The Kier molecular flexibility index (Phi) is 15.4. The van der Waals surface area contributed by atoms with Gasteiger partial charge in [0.15, 0.2) is 0 Å². The molecule has 0 aliphatic heterocycles. The number of aliphatic hydroxyl groups is 2. The van der Waals surface area contributed by atoms with Crippen LogP contribution in [-0.4, -0.2) is 67.9 Å². The number of carbonyl (C=O) groups is 2. The highest BCUT2D eigenvalue weighted by molar-refractivity contribution is 6.12. The van der Waals surface area contributed by atoms with Crippen LogP contribution in [0.3, 0.4) is 0 Å². The molecule has 15 nitrogen and oxygen atoms in total. The van der Waals surface area contributed by atoms with E-state index >= 15 is 0 Å². The zero-order chi connectivity index (χ0) is 40.9. The number of ether oxygens (including phenoxy) is 1. The Morgan fingerprint density at radius 2 is 1.43 bits per heavy atom. The lowest BCUT2D eigenvalue weighted by Gasteiger charge is -2.26. The third kappa shape index (κ3) is 11.8. The van der Waals surface area contributed by atoms with E-state index in [0.717, 1.165) is 5.56 Å². The average Bonchev–Trinajstić information content (AvgIpc) is 3.49. The van der Waals surface area contributed by atoms with Gasteiger partial charge in [-0.05, 0) is 85.5 Å². The van der Waals surface area contributed by atoms with Gasteiger partial charge in [-0.1, -0.05) is 69.3 Å². The minimum absolute atomic E-state index is 0.0379. The van der Waals surface area contributed by atoms with Crippen molar-refractivity contribution < 1.29 is 48.8 Å². The number of benzene rings is 3. The van der Waals surface area contributed by atoms with E-state index in [9.17, 15) is 44.4 Å². The standard InChI is InChI=1S/C40H47FN4O11/c1-25(2)37-36(40(49)42-31-13-9-6-10-14-31)35(28-11-7-5-8-12-28)38(29-15-17-30(41)18-16-29)43(37)21-19-32(46)23-33(47)24-34(48)54-22-20-26(3)39(56-45(52)53)27(4)55-44(50)51/h5-18,25-27,32-33,39,46-47H,19-24H2,1-4H3,(H,42,49)/t26-,27-,32-,33?,39-/m1/s1. The van der Waals surface area contributed by atoms with Crippen LogP contribution in [0.15, 0.2) is 84.9 Å². The number of nitrogens with zero attached hydrogens (tertiary/aromatic N) is 3. The molecular formula is C40H47FN4O11. The molecule has 0 aliphatic carbocycles. The fraction of sp³-hybridized carbons (Fsp3) is 0.400. The van der Waals surface area contributed by atoms with Gasteiger partial charge in [0.2, 0.25) is 0 Å². The summed E-state index contributed by atoms with van der Waals surface area (Å²) in [4.78, 5) is 57.4. The van der Waals surface area contributed by atoms with E-state index in [4.69, 9.17) is 4.74 Å². The van der Waals surface area contributed by atoms with Gasteiger partial charge in [0.1, 0.15) is 18.0 Å². The lowest BCUT2D eigenvalue weighted by molar-refractivity contribution is -0.799. The number of aromatic nitrogens is 1. The number of hydrogen-bond donors (Lipinski definition) is 3. The summed E-state index contributed by atoms with van der Waals surface area (Å²) in [5, 5.41) is 44.3. The van der Waals surface area contributed by atoms with Gasteiger partial charge in [-0.25, -0.2) is 4.39 Å². The largest absolute Gasteiger partial charge is 0.466 e. The first kappa shape index (κ1) is 42.9. The van der Waals surface area contributed by atoms with Gasteiger partial charge in [0, 0.05) is 23.5 Å². The number of rotatable bonds is 21. The lowest BCUT2D eigenvalue weighted by Crippen LogP contribution is -2.38. The molecule has 1 aromatic heterocycles. The third-order valence-corrected chi connectivity index (χ3v) is 9.24. The number of anilines is 1. The van der Waals surface area contributed by atoms with Gasteiger partial charge >= 0.3 is 5.97 Å². The van der Waals surface area contributed by atoms with Crippen LogP contribution < -0.4 is 5.32 Å². The van der Waals surface area contributed by atoms with Gasteiger partial charge in [-0.2, -0.15) is 0 Å². The van der Waals surface area contributed by atoms with Crippen LogP contribution in [0.4, 0.5) is 10.1 Å². The Labute approximate surface area is 323 Å². The number of hydrogen-bond acceptors (Lipinski definition) is 11. The minimum atomic E-state index is -1.31. The Morgan fingerprint density at radius 1 is 0.821 bits per heavy atom. The van der Waals surface area contributed by atoms with E-state index in [1.807, 2.05) is 66.9 Å². The van der Waals surface area contributed by atoms with E-state index in [0.29, 0.717) is 33.8 Å². The van der Waals surface area contributed by atoms with Crippen molar-refractivity contribution >= 4 is 17.6 Å². The summed E-state index contributed by atoms with van der Waals surface area (Å²) >= 11 is 0. The third-order valence-electron chi connectivity index (χ3n) is 9.24. The monoisotopic (exact) mass is 778 g/mol. The van der Waals surface area contributed by atoms with Gasteiger partial charge in [0.25, 0.3) is 16.1 Å². The first-order valence-corrected chi connectivity index (χ1v) is 18.2. The molecule has 300 valence electrons. The average molecular weight is 779 g/mol. The van der Waals surface area contributed by atoms with Crippen molar-refractivity contribution in [2.24, 2.45) is 5.92 Å². The minimum Gasteiger partial charge on any atom is -0.466 e.